The van der Waals surface area contributed by atoms with Crippen molar-refractivity contribution in [3.05, 3.63) is 58.0 Å². The van der Waals surface area contributed by atoms with Crippen LogP contribution in [0, 0.1) is 5.82 Å². The SMILES string of the molecule is CN=C(NCC(C)c1ccsc1)NCC1(c2ccc(F)cc2)CCOCC1.I. The minimum Gasteiger partial charge on any atom is -0.381 e. The highest BCUT2D eigenvalue weighted by Crippen LogP contribution is 2.34. The largest absolute Gasteiger partial charge is 0.381 e. The molecule has 7 heteroatoms. The van der Waals surface area contributed by atoms with Gasteiger partial charge in [0.15, 0.2) is 5.96 Å². The number of nitrogens with zero attached hydrogens (tertiary/aromatic N) is 1. The molecule has 1 aromatic heterocycles. The van der Waals surface area contributed by atoms with E-state index >= 15 is 0 Å². The third kappa shape index (κ3) is 5.90. The van der Waals surface area contributed by atoms with Gasteiger partial charge in [-0.3, -0.25) is 4.99 Å². The summed E-state index contributed by atoms with van der Waals surface area (Å²) in [6.45, 7) is 5.22. The number of halogens is 2. The summed E-state index contributed by atoms with van der Waals surface area (Å²) in [6, 6.07) is 9.05. The number of thiophene rings is 1. The second-order valence-electron chi connectivity index (χ2n) is 7.16. The third-order valence-electron chi connectivity index (χ3n) is 5.41. The Morgan fingerprint density at radius 3 is 2.54 bits per heavy atom. The van der Waals surface area contributed by atoms with Crippen molar-refractivity contribution in [2.24, 2.45) is 4.99 Å². The van der Waals surface area contributed by atoms with E-state index in [9.17, 15) is 4.39 Å². The molecule has 1 aliphatic rings. The standard InChI is InChI=1S/C21H28FN3OS.HI/c1-16(17-7-12-27-14-17)13-24-20(23-2)25-15-21(8-10-26-11-9-21)18-3-5-19(22)6-4-18;/h3-7,12,14,16H,8-11,13,15H2,1-2H3,(H2,23,24,25);1H. The van der Waals surface area contributed by atoms with E-state index < -0.39 is 0 Å². The molecule has 1 fully saturated rings. The summed E-state index contributed by atoms with van der Waals surface area (Å²) in [5.41, 5.74) is 2.43. The van der Waals surface area contributed by atoms with Crippen molar-refractivity contribution >= 4 is 41.3 Å². The molecule has 0 bridgehead atoms. The van der Waals surface area contributed by atoms with Crippen molar-refractivity contribution in [3.63, 3.8) is 0 Å². The van der Waals surface area contributed by atoms with Crippen molar-refractivity contribution in [3.8, 4) is 0 Å². The summed E-state index contributed by atoms with van der Waals surface area (Å²) < 4.78 is 18.9. The first kappa shape index (κ1) is 23.1. The van der Waals surface area contributed by atoms with Crippen LogP contribution in [0.3, 0.4) is 0 Å². The normalized spacial score (nSPS) is 17.5. The van der Waals surface area contributed by atoms with Crippen LogP contribution < -0.4 is 10.6 Å². The highest BCUT2D eigenvalue weighted by atomic mass is 127. The van der Waals surface area contributed by atoms with E-state index in [1.807, 2.05) is 12.1 Å². The summed E-state index contributed by atoms with van der Waals surface area (Å²) in [5.74, 6) is 1.02. The molecular weight excluding hydrogens is 488 g/mol. The average molecular weight is 517 g/mol. The Balaban J connectivity index is 0.00000280. The molecule has 1 saturated heterocycles. The highest BCUT2D eigenvalue weighted by molar-refractivity contribution is 14.0. The van der Waals surface area contributed by atoms with E-state index in [0.717, 1.165) is 50.7 Å². The molecule has 3 rings (SSSR count). The van der Waals surface area contributed by atoms with Crippen LogP contribution in [0.5, 0.6) is 0 Å². The number of benzene rings is 1. The van der Waals surface area contributed by atoms with Crippen molar-refractivity contribution in [1.82, 2.24) is 10.6 Å². The lowest BCUT2D eigenvalue weighted by molar-refractivity contribution is 0.0513. The number of rotatable bonds is 6. The van der Waals surface area contributed by atoms with Crippen LogP contribution in [0.15, 0.2) is 46.1 Å². The van der Waals surface area contributed by atoms with E-state index in [-0.39, 0.29) is 35.2 Å². The Bertz CT molecular complexity index is 731. The maximum Gasteiger partial charge on any atom is 0.191 e. The Labute approximate surface area is 188 Å². The van der Waals surface area contributed by atoms with Crippen LogP contribution in [0.4, 0.5) is 4.39 Å². The number of hydrogen-bond donors (Lipinski definition) is 2. The molecule has 0 saturated carbocycles. The number of nitrogens with one attached hydrogen (secondary N) is 2. The van der Waals surface area contributed by atoms with Gasteiger partial charge in [0.1, 0.15) is 5.82 Å². The van der Waals surface area contributed by atoms with Gasteiger partial charge in [0, 0.05) is 38.8 Å². The van der Waals surface area contributed by atoms with Crippen LogP contribution in [0.1, 0.15) is 36.8 Å². The molecule has 0 amide bonds. The van der Waals surface area contributed by atoms with Gasteiger partial charge in [0.2, 0.25) is 0 Å². The van der Waals surface area contributed by atoms with Crippen LogP contribution >= 0.6 is 35.3 Å². The van der Waals surface area contributed by atoms with Crippen molar-refractivity contribution in [2.75, 3.05) is 33.4 Å². The van der Waals surface area contributed by atoms with E-state index in [1.165, 1.54) is 5.56 Å². The number of ether oxygens (including phenoxy) is 1. The summed E-state index contributed by atoms with van der Waals surface area (Å²) in [4.78, 5) is 4.37. The van der Waals surface area contributed by atoms with Gasteiger partial charge in [0.05, 0.1) is 0 Å². The van der Waals surface area contributed by atoms with Crippen LogP contribution in [0.2, 0.25) is 0 Å². The molecule has 2 heterocycles. The molecule has 1 atom stereocenters. The van der Waals surface area contributed by atoms with E-state index in [0.29, 0.717) is 5.92 Å². The number of guanidine groups is 1. The zero-order chi connectivity index (χ0) is 19.1. The topological polar surface area (TPSA) is 45.7 Å². The number of hydrogen-bond acceptors (Lipinski definition) is 3. The lowest BCUT2D eigenvalue weighted by Crippen LogP contribution is -2.48. The van der Waals surface area contributed by atoms with Crippen molar-refractivity contribution < 1.29 is 9.13 Å². The lowest BCUT2D eigenvalue weighted by Gasteiger charge is -2.38. The molecule has 28 heavy (non-hydrogen) atoms. The molecule has 1 aliphatic heterocycles. The van der Waals surface area contributed by atoms with Gasteiger partial charge in [-0.25, -0.2) is 4.39 Å². The molecule has 1 aromatic carbocycles. The first-order valence-corrected chi connectivity index (χ1v) is 10.4. The van der Waals surface area contributed by atoms with Crippen molar-refractivity contribution in [1.29, 1.82) is 0 Å². The van der Waals surface area contributed by atoms with Crippen LogP contribution in [0.25, 0.3) is 0 Å². The minimum atomic E-state index is -0.200. The molecule has 0 radical (unpaired) electrons. The van der Waals surface area contributed by atoms with Crippen LogP contribution in [-0.4, -0.2) is 39.3 Å². The fraction of sp³-hybridized carbons (Fsp3) is 0.476. The predicted molar refractivity (Wildman–Crippen MR) is 126 cm³/mol. The zero-order valence-electron chi connectivity index (χ0n) is 16.4. The fourth-order valence-corrected chi connectivity index (χ4v) is 4.31. The van der Waals surface area contributed by atoms with Gasteiger partial charge >= 0.3 is 0 Å². The van der Waals surface area contributed by atoms with Gasteiger partial charge in [-0.05, 0) is 58.8 Å². The zero-order valence-corrected chi connectivity index (χ0v) is 19.6. The molecule has 154 valence electrons. The maximum absolute atomic E-state index is 13.4. The second-order valence-corrected chi connectivity index (χ2v) is 7.94. The Morgan fingerprint density at radius 1 is 1.21 bits per heavy atom. The summed E-state index contributed by atoms with van der Waals surface area (Å²) in [6.07, 6.45) is 1.82. The molecule has 2 aromatic rings. The fourth-order valence-electron chi connectivity index (χ4n) is 3.53. The average Bonchev–Trinajstić information content (AvgIpc) is 3.24. The first-order valence-electron chi connectivity index (χ1n) is 9.43. The molecule has 1 unspecified atom stereocenters. The quantitative estimate of drug-likeness (QED) is 0.337. The molecular formula is C21H29FIN3OS. The Kier molecular flexibility index (Phi) is 9.17. The maximum atomic E-state index is 13.4. The Hall–Kier alpha value is -1.19. The van der Waals surface area contributed by atoms with Gasteiger partial charge < -0.3 is 15.4 Å². The summed E-state index contributed by atoms with van der Waals surface area (Å²) in [7, 11) is 1.79. The van der Waals surface area contributed by atoms with Crippen molar-refractivity contribution in [2.45, 2.75) is 31.1 Å². The van der Waals surface area contributed by atoms with Crippen LogP contribution in [-0.2, 0) is 10.2 Å². The smallest absolute Gasteiger partial charge is 0.191 e. The summed E-state index contributed by atoms with van der Waals surface area (Å²) >= 11 is 1.72. The minimum absolute atomic E-state index is 0. The van der Waals surface area contributed by atoms with Gasteiger partial charge in [0.25, 0.3) is 0 Å². The van der Waals surface area contributed by atoms with Gasteiger partial charge in [-0.15, -0.1) is 24.0 Å². The van der Waals surface area contributed by atoms with Gasteiger partial charge in [-0.1, -0.05) is 19.1 Å². The summed E-state index contributed by atoms with van der Waals surface area (Å²) in [5, 5.41) is 11.2. The molecule has 4 nitrogen and oxygen atoms in total. The lowest BCUT2D eigenvalue weighted by atomic mass is 9.74. The second kappa shape index (κ2) is 11.1. The molecule has 2 N–H and O–H groups in total. The first-order chi connectivity index (χ1) is 13.1. The Morgan fingerprint density at radius 2 is 1.93 bits per heavy atom. The predicted octanol–water partition coefficient (Wildman–Crippen LogP) is 4.52. The monoisotopic (exact) mass is 517 g/mol. The number of aliphatic imine (C=N–C) groups is 1. The van der Waals surface area contributed by atoms with E-state index in [2.05, 4.69) is 39.4 Å². The van der Waals surface area contributed by atoms with Gasteiger partial charge in [-0.2, -0.15) is 11.3 Å². The third-order valence-corrected chi connectivity index (χ3v) is 6.11. The van der Waals surface area contributed by atoms with E-state index in [4.69, 9.17) is 4.74 Å². The molecule has 0 spiro atoms. The highest BCUT2D eigenvalue weighted by Gasteiger charge is 2.34. The molecule has 0 aliphatic carbocycles. The van der Waals surface area contributed by atoms with E-state index in [1.54, 1.807) is 30.5 Å².